The van der Waals surface area contributed by atoms with E-state index >= 15 is 0 Å². The van der Waals surface area contributed by atoms with Crippen LogP contribution in [0.15, 0.2) is 12.1 Å². The molecule has 32 heavy (non-hydrogen) atoms. The van der Waals surface area contributed by atoms with Gasteiger partial charge in [-0.05, 0) is 55.4 Å². The van der Waals surface area contributed by atoms with Crippen LogP contribution < -0.4 is 4.74 Å². The Morgan fingerprint density at radius 3 is 1.78 bits per heavy atom. The molecule has 11 heteroatoms. The van der Waals surface area contributed by atoms with Crippen molar-refractivity contribution in [2.24, 2.45) is 0 Å². The zero-order valence-electron chi connectivity index (χ0n) is 18.2. The van der Waals surface area contributed by atoms with Crippen LogP contribution in [0.2, 0.25) is 0 Å². The molecule has 1 rings (SSSR count). The molecule has 0 saturated carbocycles. The van der Waals surface area contributed by atoms with Crippen molar-refractivity contribution in [3.63, 3.8) is 0 Å². The van der Waals surface area contributed by atoms with Crippen LogP contribution >= 0.6 is 69.6 Å². The number of phenols is 1. The number of rotatable bonds is 15. The highest BCUT2D eigenvalue weighted by molar-refractivity contribution is 6.68. The van der Waals surface area contributed by atoms with Gasteiger partial charge in [-0.15, -0.1) is 0 Å². The van der Waals surface area contributed by atoms with E-state index in [1.807, 2.05) is 13.8 Å². The maximum absolute atomic E-state index is 9.83. The van der Waals surface area contributed by atoms with Gasteiger partial charge in [0.2, 0.25) is 7.59 Å². The van der Waals surface area contributed by atoms with E-state index in [2.05, 4.69) is 0 Å². The molecule has 186 valence electrons. The van der Waals surface area contributed by atoms with Gasteiger partial charge >= 0.3 is 0 Å². The van der Waals surface area contributed by atoms with Crippen molar-refractivity contribution >= 4 is 69.6 Å². The first-order chi connectivity index (χ1) is 14.9. The summed E-state index contributed by atoms with van der Waals surface area (Å²) >= 11 is 34.2. The molecule has 0 aliphatic rings. The lowest BCUT2D eigenvalue weighted by Crippen LogP contribution is -2.31. The summed E-state index contributed by atoms with van der Waals surface area (Å²) in [4.78, 5) is 0. The molecule has 1 aromatic carbocycles. The first-order valence-corrected chi connectivity index (χ1v) is 12.6. The van der Waals surface area contributed by atoms with Gasteiger partial charge in [0.05, 0.1) is 26.4 Å². The highest BCUT2D eigenvalue weighted by Gasteiger charge is 2.26. The van der Waals surface area contributed by atoms with E-state index in [-0.39, 0.29) is 25.6 Å². The maximum Gasteiger partial charge on any atom is 0.213 e. The van der Waals surface area contributed by atoms with E-state index in [9.17, 15) is 5.11 Å². The number of halogens is 6. The Balaban J connectivity index is 2.32. The molecular weight excluding hydrogens is 545 g/mol. The summed E-state index contributed by atoms with van der Waals surface area (Å²) in [5.74, 6) is 1.15. The largest absolute Gasteiger partial charge is 0.508 e. The van der Waals surface area contributed by atoms with E-state index in [0.717, 1.165) is 49.0 Å². The van der Waals surface area contributed by atoms with Crippen LogP contribution in [0.5, 0.6) is 11.5 Å². The van der Waals surface area contributed by atoms with Gasteiger partial charge in [0.15, 0.2) is 6.29 Å². The second kappa shape index (κ2) is 15.4. The predicted octanol–water partition coefficient (Wildman–Crippen LogP) is 7.18. The lowest BCUT2D eigenvalue weighted by molar-refractivity contribution is -0.170. The molecule has 0 unspecified atom stereocenters. The standard InChI is InChI=1S/C21H30Cl6O5/c1-3-15-10-17(28)11-16(4-2)19(15)30-9-7-5-6-8-29-12-18(31-13-20(22,23)24)32-14-21(25,26)27/h10-11,18,28H,3-9,12-14H2,1-2H3. The fraction of sp³-hybridized carbons (Fsp3) is 0.714. The van der Waals surface area contributed by atoms with Crippen LogP contribution in [-0.2, 0) is 27.1 Å². The third kappa shape index (κ3) is 14.0. The van der Waals surface area contributed by atoms with Crippen LogP contribution in [0.4, 0.5) is 0 Å². The van der Waals surface area contributed by atoms with E-state index in [4.69, 9.17) is 88.6 Å². The van der Waals surface area contributed by atoms with Crippen molar-refractivity contribution in [3.8, 4) is 11.5 Å². The smallest absolute Gasteiger partial charge is 0.213 e. The summed E-state index contributed by atoms with van der Waals surface area (Å²) in [5, 5.41) is 9.83. The van der Waals surface area contributed by atoms with Gasteiger partial charge in [-0.2, -0.15) is 0 Å². The molecule has 0 fully saturated rings. The fourth-order valence-electron chi connectivity index (χ4n) is 2.80. The Morgan fingerprint density at radius 1 is 0.812 bits per heavy atom. The number of phenolic OH excluding ortho intramolecular Hbond substituents is 1. The van der Waals surface area contributed by atoms with Crippen LogP contribution in [0, 0.1) is 0 Å². The topological polar surface area (TPSA) is 57.2 Å². The second-order valence-electron chi connectivity index (χ2n) is 7.07. The van der Waals surface area contributed by atoms with Gasteiger partial charge in [-0.1, -0.05) is 83.5 Å². The summed E-state index contributed by atoms with van der Waals surface area (Å²) in [7, 11) is 0. The zero-order valence-corrected chi connectivity index (χ0v) is 22.7. The molecule has 0 aliphatic heterocycles. The highest BCUT2D eigenvalue weighted by atomic mass is 35.6. The van der Waals surface area contributed by atoms with Crippen LogP contribution in [-0.4, -0.2) is 52.0 Å². The van der Waals surface area contributed by atoms with Gasteiger partial charge in [0, 0.05) is 6.61 Å². The van der Waals surface area contributed by atoms with E-state index in [1.54, 1.807) is 12.1 Å². The molecule has 0 spiro atoms. The number of alkyl halides is 6. The molecule has 0 heterocycles. The van der Waals surface area contributed by atoms with Crippen molar-refractivity contribution in [2.45, 2.75) is 59.8 Å². The quantitative estimate of drug-likeness (QED) is 0.137. The van der Waals surface area contributed by atoms with Gasteiger partial charge in [-0.3, -0.25) is 0 Å². The Kier molecular flexibility index (Phi) is 14.7. The minimum Gasteiger partial charge on any atom is -0.508 e. The fourth-order valence-corrected chi connectivity index (χ4v) is 3.18. The predicted molar refractivity (Wildman–Crippen MR) is 133 cm³/mol. The van der Waals surface area contributed by atoms with Gasteiger partial charge in [-0.25, -0.2) is 0 Å². The monoisotopic (exact) mass is 572 g/mol. The van der Waals surface area contributed by atoms with Gasteiger partial charge < -0.3 is 24.1 Å². The maximum atomic E-state index is 9.83. The van der Waals surface area contributed by atoms with Crippen molar-refractivity contribution in [1.29, 1.82) is 0 Å². The summed E-state index contributed by atoms with van der Waals surface area (Å²) in [6.07, 6.45) is 3.36. The number of benzene rings is 1. The molecule has 1 aromatic rings. The molecule has 1 N–H and O–H groups in total. The molecule has 0 aromatic heterocycles. The summed E-state index contributed by atoms with van der Waals surface area (Å²) in [5.41, 5.74) is 2.03. The molecule has 0 amide bonds. The number of hydrogen-bond acceptors (Lipinski definition) is 5. The van der Waals surface area contributed by atoms with Crippen LogP contribution in [0.1, 0.15) is 44.2 Å². The third-order valence-corrected chi connectivity index (χ3v) is 4.94. The number of ether oxygens (including phenoxy) is 4. The van der Waals surface area contributed by atoms with Crippen molar-refractivity contribution in [3.05, 3.63) is 23.3 Å². The minimum atomic E-state index is -1.59. The number of unbranched alkanes of at least 4 members (excludes halogenated alkanes) is 2. The zero-order chi connectivity index (χ0) is 24.2. The van der Waals surface area contributed by atoms with Crippen LogP contribution in [0.25, 0.3) is 0 Å². The first-order valence-electron chi connectivity index (χ1n) is 10.4. The van der Waals surface area contributed by atoms with Crippen molar-refractivity contribution < 1.29 is 24.1 Å². The number of aryl methyl sites for hydroxylation is 2. The van der Waals surface area contributed by atoms with E-state index < -0.39 is 13.9 Å². The van der Waals surface area contributed by atoms with E-state index in [1.165, 1.54) is 0 Å². The normalized spacial score (nSPS) is 12.5. The lowest BCUT2D eigenvalue weighted by atomic mass is 10.0. The number of hydrogen-bond donors (Lipinski definition) is 1. The summed E-state index contributed by atoms with van der Waals surface area (Å²) in [6, 6.07) is 3.52. The second-order valence-corrected chi connectivity index (χ2v) is 12.1. The Hall–Kier alpha value is 0.440. The number of aromatic hydroxyl groups is 1. The molecule has 0 atom stereocenters. The van der Waals surface area contributed by atoms with Crippen molar-refractivity contribution in [2.75, 3.05) is 33.0 Å². The van der Waals surface area contributed by atoms with Gasteiger partial charge in [0.25, 0.3) is 0 Å². The van der Waals surface area contributed by atoms with Gasteiger partial charge in [0.1, 0.15) is 11.5 Å². The Bertz CT molecular complexity index is 620. The molecule has 0 radical (unpaired) electrons. The average Bonchev–Trinajstić information content (AvgIpc) is 2.70. The summed E-state index contributed by atoms with van der Waals surface area (Å²) in [6.45, 7) is 4.88. The third-order valence-electron chi connectivity index (χ3n) is 4.29. The molecule has 0 aliphatic carbocycles. The summed E-state index contributed by atoms with van der Waals surface area (Å²) < 4.78 is 19.2. The molecule has 0 bridgehead atoms. The van der Waals surface area contributed by atoms with E-state index in [0.29, 0.717) is 13.2 Å². The molecule has 0 saturated heterocycles. The Labute approximate surface area is 220 Å². The van der Waals surface area contributed by atoms with Crippen molar-refractivity contribution in [1.82, 2.24) is 0 Å². The lowest BCUT2D eigenvalue weighted by Gasteiger charge is -2.22. The molecule has 5 nitrogen and oxygen atoms in total. The SMILES string of the molecule is CCc1cc(O)cc(CC)c1OCCCCCOCC(OCC(Cl)(Cl)Cl)OCC(Cl)(Cl)Cl. The first kappa shape index (κ1) is 30.5. The molecular formula is C21H30Cl6O5. The Morgan fingerprint density at radius 2 is 1.31 bits per heavy atom. The van der Waals surface area contributed by atoms with Crippen LogP contribution in [0.3, 0.4) is 0 Å². The highest BCUT2D eigenvalue weighted by Crippen LogP contribution is 2.31. The average molecular weight is 575 g/mol. The minimum absolute atomic E-state index is 0.102.